The highest BCUT2D eigenvalue weighted by Crippen LogP contribution is 2.25. The van der Waals surface area contributed by atoms with E-state index in [4.69, 9.17) is 5.73 Å². The second-order valence-electron chi connectivity index (χ2n) is 5.95. The lowest BCUT2D eigenvalue weighted by Gasteiger charge is -2.07. The van der Waals surface area contributed by atoms with Crippen molar-refractivity contribution in [2.24, 2.45) is 5.73 Å². The zero-order valence-corrected chi connectivity index (χ0v) is 15.2. The van der Waals surface area contributed by atoms with Crippen molar-refractivity contribution in [3.05, 3.63) is 57.0 Å². The van der Waals surface area contributed by atoms with Crippen LogP contribution in [0.5, 0.6) is 0 Å². The van der Waals surface area contributed by atoms with Gasteiger partial charge in [0.05, 0.1) is 11.7 Å². The molecule has 0 aliphatic rings. The van der Waals surface area contributed by atoms with E-state index in [1.165, 1.54) is 22.2 Å². The number of nitrogens with one attached hydrogen (secondary N) is 1. The standard InChI is InChI=1S/C18H18N4O3S/c1-10-11(2)26-17-15(10)18(25)22(9-20-17)8-7-14(23)21-13-5-3-12(4-6-13)16(19)24/h3-6,9H,7-8H2,1-2H3,(H2,19,24)(H,21,23). The molecular formula is C18H18N4O3S. The summed E-state index contributed by atoms with van der Waals surface area (Å²) in [5.41, 5.74) is 6.92. The van der Waals surface area contributed by atoms with E-state index in [1.54, 1.807) is 24.3 Å². The molecule has 2 aromatic heterocycles. The van der Waals surface area contributed by atoms with Gasteiger partial charge in [-0.25, -0.2) is 4.98 Å². The van der Waals surface area contributed by atoms with Crippen LogP contribution in [0.4, 0.5) is 5.69 Å². The molecular weight excluding hydrogens is 352 g/mol. The highest BCUT2D eigenvalue weighted by atomic mass is 32.1. The summed E-state index contributed by atoms with van der Waals surface area (Å²) in [5, 5.41) is 3.35. The number of hydrogen-bond donors (Lipinski definition) is 2. The first-order valence-electron chi connectivity index (χ1n) is 8.01. The number of primary amides is 1. The van der Waals surface area contributed by atoms with Gasteiger partial charge in [0.1, 0.15) is 4.83 Å². The SMILES string of the molecule is Cc1sc2ncn(CCC(=O)Nc3ccc(C(N)=O)cc3)c(=O)c2c1C. The fourth-order valence-electron chi connectivity index (χ4n) is 2.59. The summed E-state index contributed by atoms with van der Waals surface area (Å²) >= 11 is 1.49. The van der Waals surface area contributed by atoms with Crippen LogP contribution in [0.2, 0.25) is 0 Å². The highest BCUT2D eigenvalue weighted by Gasteiger charge is 2.13. The van der Waals surface area contributed by atoms with E-state index in [0.29, 0.717) is 16.6 Å². The molecule has 0 saturated carbocycles. The molecule has 0 unspecified atom stereocenters. The molecule has 0 atom stereocenters. The first-order chi connectivity index (χ1) is 12.4. The summed E-state index contributed by atoms with van der Waals surface area (Å²) in [5.74, 6) is -0.758. The maximum absolute atomic E-state index is 12.6. The molecule has 0 aliphatic carbocycles. The van der Waals surface area contributed by atoms with Crippen LogP contribution in [0.25, 0.3) is 10.2 Å². The van der Waals surface area contributed by atoms with Crippen LogP contribution in [-0.2, 0) is 11.3 Å². The van der Waals surface area contributed by atoms with E-state index in [9.17, 15) is 14.4 Å². The number of nitrogens with two attached hydrogens (primary N) is 1. The van der Waals surface area contributed by atoms with Gasteiger partial charge < -0.3 is 11.1 Å². The lowest BCUT2D eigenvalue weighted by atomic mass is 10.2. The minimum atomic E-state index is -0.524. The number of amides is 2. The molecule has 8 heteroatoms. The van der Waals surface area contributed by atoms with Gasteiger partial charge >= 0.3 is 0 Å². The summed E-state index contributed by atoms with van der Waals surface area (Å²) in [6, 6.07) is 6.30. The van der Waals surface area contributed by atoms with Crippen molar-refractivity contribution in [1.29, 1.82) is 0 Å². The van der Waals surface area contributed by atoms with Crippen molar-refractivity contribution in [3.8, 4) is 0 Å². The number of benzene rings is 1. The van der Waals surface area contributed by atoms with Gasteiger partial charge in [0.15, 0.2) is 0 Å². The minimum absolute atomic E-state index is 0.129. The lowest BCUT2D eigenvalue weighted by molar-refractivity contribution is -0.116. The van der Waals surface area contributed by atoms with E-state index >= 15 is 0 Å². The van der Waals surface area contributed by atoms with E-state index < -0.39 is 5.91 Å². The molecule has 0 aliphatic heterocycles. The average molecular weight is 370 g/mol. The topological polar surface area (TPSA) is 107 Å². The number of fused-ring (bicyclic) bond motifs is 1. The van der Waals surface area contributed by atoms with E-state index in [-0.39, 0.29) is 24.4 Å². The summed E-state index contributed by atoms with van der Waals surface area (Å²) in [4.78, 5) is 41.9. The number of aromatic nitrogens is 2. The number of carbonyl (C=O) groups excluding carboxylic acids is 2. The van der Waals surface area contributed by atoms with Crippen LogP contribution in [-0.4, -0.2) is 21.4 Å². The monoisotopic (exact) mass is 370 g/mol. The van der Waals surface area contributed by atoms with E-state index in [2.05, 4.69) is 10.3 Å². The van der Waals surface area contributed by atoms with Gasteiger partial charge in [-0.3, -0.25) is 19.0 Å². The molecule has 2 heterocycles. The minimum Gasteiger partial charge on any atom is -0.366 e. The molecule has 0 fully saturated rings. The molecule has 0 saturated heterocycles. The van der Waals surface area contributed by atoms with Gasteiger partial charge in [-0.15, -0.1) is 11.3 Å². The maximum Gasteiger partial charge on any atom is 0.262 e. The van der Waals surface area contributed by atoms with Crippen LogP contribution >= 0.6 is 11.3 Å². The molecule has 3 aromatic rings. The van der Waals surface area contributed by atoms with Crippen molar-refractivity contribution < 1.29 is 9.59 Å². The number of thiophene rings is 1. The Hall–Kier alpha value is -3.00. The summed E-state index contributed by atoms with van der Waals surface area (Å²) < 4.78 is 1.46. The molecule has 3 rings (SSSR count). The van der Waals surface area contributed by atoms with Gasteiger partial charge in [-0.2, -0.15) is 0 Å². The van der Waals surface area contributed by atoms with Gasteiger partial charge in [-0.1, -0.05) is 0 Å². The predicted octanol–water partition coefficient (Wildman–Crippen LogP) is 2.20. The maximum atomic E-state index is 12.6. The molecule has 2 amide bonds. The van der Waals surface area contributed by atoms with Gasteiger partial charge in [0, 0.05) is 29.1 Å². The zero-order chi connectivity index (χ0) is 18.8. The first-order valence-corrected chi connectivity index (χ1v) is 8.83. The summed E-state index contributed by atoms with van der Waals surface area (Å²) in [7, 11) is 0. The van der Waals surface area contributed by atoms with E-state index in [1.807, 2.05) is 13.8 Å². The van der Waals surface area contributed by atoms with Gasteiger partial charge in [-0.05, 0) is 43.7 Å². The van der Waals surface area contributed by atoms with Crippen molar-refractivity contribution in [3.63, 3.8) is 0 Å². The smallest absolute Gasteiger partial charge is 0.262 e. The number of carbonyl (C=O) groups is 2. The van der Waals surface area contributed by atoms with Crippen molar-refractivity contribution in [1.82, 2.24) is 9.55 Å². The predicted molar refractivity (Wildman–Crippen MR) is 102 cm³/mol. The fraction of sp³-hybridized carbons (Fsp3) is 0.222. The van der Waals surface area contributed by atoms with E-state index in [0.717, 1.165) is 15.3 Å². The first kappa shape index (κ1) is 17.8. The quantitative estimate of drug-likeness (QED) is 0.718. The third-order valence-electron chi connectivity index (χ3n) is 4.19. The second-order valence-corrected chi connectivity index (χ2v) is 7.15. The molecule has 26 heavy (non-hydrogen) atoms. The molecule has 0 radical (unpaired) electrons. The largest absolute Gasteiger partial charge is 0.366 e. The zero-order valence-electron chi connectivity index (χ0n) is 14.4. The second kappa shape index (κ2) is 7.09. The van der Waals surface area contributed by atoms with Gasteiger partial charge in [0.2, 0.25) is 11.8 Å². The Balaban J connectivity index is 1.69. The Labute approximate surface area is 153 Å². The number of aryl methyl sites for hydroxylation is 3. The molecule has 0 spiro atoms. The molecule has 0 bridgehead atoms. The average Bonchev–Trinajstić information content (AvgIpc) is 2.90. The van der Waals surface area contributed by atoms with Crippen LogP contribution in [0, 0.1) is 13.8 Å². The third kappa shape index (κ3) is 3.50. The van der Waals surface area contributed by atoms with Crippen LogP contribution in [0.15, 0.2) is 35.4 Å². The normalized spacial score (nSPS) is 10.8. The van der Waals surface area contributed by atoms with Crippen LogP contribution < -0.4 is 16.6 Å². The van der Waals surface area contributed by atoms with Crippen molar-refractivity contribution in [2.75, 3.05) is 5.32 Å². The van der Waals surface area contributed by atoms with Crippen molar-refractivity contribution >= 4 is 39.1 Å². The number of nitrogens with zero attached hydrogens (tertiary/aromatic N) is 2. The Morgan fingerprint density at radius 2 is 1.92 bits per heavy atom. The van der Waals surface area contributed by atoms with Crippen LogP contribution in [0.1, 0.15) is 27.2 Å². The highest BCUT2D eigenvalue weighted by molar-refractivity contribution is 7.18. The number of rotatable bonds is 5. The number of anilines is 1. The molecule has 134 valence electrons. The summed E-state index contributed by atoms with van der Waals surface area (Å²) in [6.07, 6.45) is 1.61. The Kier molecular flexibility index (Phi) is 4.85. The number of hydrogen-bond acceptors (Lipinski definition) is 5. The Bertz CT molecular complexity index is 1050. The fourth-order valence-corrected chi connectivity index (χ4v) is 3.58. The Morgan fingerprint density at radius 3 is 2.58 bits per heavy atom. The molecule has 1 aromatic carbocycles. The lowest BCUT2D eigenvalue weighted by Crippen LogP contribution is -2.23. The molecule has 3 N–H and O–H groups in total. The van der Waals surface area contributed by atoms with Gasteiger partial charge in [0.25, 0.3) is 5.56 Å². The Morgan fingerprint density at radius 1 is 1.23 bits per heavy atom. The summed E-state index contributed by atoms with van der Waals surface area (Å²) in [6.45, 7) is 4.10. The molecule has 7 nitrogen and oxygen atoms in total. The van der Waals surface area contributed by atoms with Crippen molar-refractivity contribution in [2.45, 2.75) is 26.8 Å². The van der Waals surface area contributed by atoms with Crippen LogP contribution in [0.3, 0.4) is 0 Å². The third-order valence-corrected chi connectivity index (χ3v) is 5.30.